The first-order chi connectivity index (χ1) is 11.1. The minimum absolute atomic E-state index is 0.0316. The first-order valence-electron chi connectivity index (χ1n) is 7.76. The number of aryl methyl sites for hydroxylation is 1. The van der Waals surface area contributed by atoms with Crippen molar-refractivity contribution in [2.75, 3.05) is 5.32 Å². The van der Waals surface area contributed by atoms with E-state index in [4.69, 9.17) is 0 Å². The fourth-order valence-electron chi connectivity index (χ4n) is 2.29. The molecular formula is C19H20FNO2. The summed E-state index contributed by atoms with van der Waals surface area (Å²) in [6.45, 7) is 2.10. The van der Waals surface area contributed by atoms with Gasteiger partial charge in [-0.25, -0.2) is 4.39 Å². The second kappa shape index (κ2) is 8.22. The number of ketones is 1. The minimum Gasteiger partial charge on any atom is -0.324 e. The second-order valence-corrected chi connectivity index (χ2v) is 5.40. The summed E-state index contributed by atoms with van der Waals surface area (Å²) in [6, 6.07) is 13.4. The molecule has 0 spiro atoms. The van der Waals surface area contributed by atoms with E-state index < -0.39 is 5.82 Å². The average Bonchev–Trinajstić information content (AvgIpc) is 2.56. The molecule has 0 aromatic heterocycles. The third kappa shape index (κ3) is 5.02. The van der Waals surface area contributed by atoms with Gasteiger partial charge in [-0.3, -0.25) is 9.59 Å². The predicted octanol–water partition coefficient (Wildman–Crippen LogP) is 4.38. The van der Waals surface area contributed by atoms with E-state index in [-0.39, 0.29) is 30.2 Å². The Kier molecular flexibility index (Phi) is 6.03. The molecule has 23 heavy (non-hydrogen) atoms. The van der Waals surface area contributed by atoms with Gasteiger partial charge in [-0.15, -0.1) is 0 Å². The Morgan fingerprint density at radius 1 is 1.00 bits per heavy atom. The highest BCUT2D eigenvalue weighted by atomic mass is 19.1. The van der Waals surface area contributed by atoms with Crippen LogP contribution in [-0.2, 0) is 11.2 Å². The van der Waals surface area contributed by atoms with Crippen molar-refractivity contribution in [3.63, 3.8) is 0 Å². The molecule has 0 fully saturated rings. The van der Waals surface area contributed by atoms with Gasteiger partial charge < -0.3 is 5.32 Å². The highest BCUT2D eigenvalue weighted by Crippen LogP contribution is 2.14. The van der Waals surface area contributed by atoms with Crippen LogP contribution >= 0.6 is 0 Å². The van der Waals surface area contributed by atoms with Crippen LogP contribution in [-0.4, -0.2) is 11.7 Å². The van der Waals surface area contributed by atoms with E-state index in [9.17, 15) is 14.0 Å². The number of benzene rings is 2. The van der Waals surface area contributed by atoms with Crippen molar-refractivity contribution >= 4 is 17.4 Å². The molecule has 2 aromatic carbocycles. The molecule has 1 N–H and O–H groups in total. The zero-order valence-corrected chi connectivity index (χ0v) is 13.1. The van der Waals surface area contributed by atoms with Gasteiger partial charge in [0.15, 0.2) is 5.78 Å². The minimum atomic E-state index is -0.487. The molecule has 0 saturated carbocycles. The number of para-hydroxylation sites is 1. The molecule has 3 nitrogen and oxygen atoms in total. The van der Waals surface area contributed by atoms with E-state index in [1.165, 1.54) is 17.7 Å². The van der Waals surface area contributed by atoms with Crippen LogP contribution in [0.2, 0.25) is 0 Å². The van der Waals surface area contributed by atoms with Crippen molar-refractivity contribution in [3.8, 4) is 0 Å². The van der Waals surface area contributed by atoms with Crippen molar-refractivity contribution in [1.82, 2.24) is 0 Å². The van der Waals surface area contributed by atoms with E-state index in [0.29, 0.717) is 5.56 Å². The van der Waals surface area contributed by atoms with Crippen LogP contribution < -0.4 is 5.32 Å². The third-order valence-electron chi connectivity index (χ3n) is 3.54. The van der Waals surface area contributed by atoms with E-state index in [0.717, 1.165) is 12.8 Å². The van der Waals surface area contributed by atoms with Gasteiger partial charge >= 0.3 is 0 Å². The van der Waals surface area contributed by atoms with Gasteiger partial charge in [0.2, 0.25) is 5.91 Å². The van der Waals surface area contributed by atoms with Crippen LogP contribution in [0.1, 0.15) is 42.1 Å². The van der Waals surface area contributed by atoms with Crippen LogP contribution in [0.15, 0.2) is 48.5 Å². The Hall–Kier alpha value is -2.49. The first-order valence-corrected chi connectivity index (χ1v) is 7.76. The molecule has 0 heterocycles. The molecule has 2 aromatic rings. The summed E-state index contributed by atoms with van der Waals surface area (Å²) in [5, 5.41) is 2.48. The zero-order valence-electron chi connectivity index (χ0n) is 13.1. The van der Waals surface area contributed by atoms with Crippen molar-refractivity contribution in [1.29, 1.82) is 0 Å². The molecule has 0 radical (unpaired) electrons. The Balaban J connectivity index is 1.86. The number of amides is 1. The quantitative estimate of drug-likeness (QED) is 0.771. The topological polar surface area (TPSA) is 46.2 Å². The summed E-state index contributed by atoms with van der Waals surface area (Å²) in [7, 11) is 0. The summed E-state index contributed by atoms with van der Waals surface area (Å²) >= 11 is 0. The molecule has 120 valence electrons. The molecule has 0 saturated heterocycles. The number of carbonyl (C=O) groups excluding carboxylic acids is 2. The second-order valence-electron chi connectivity index (χ2n) is 5.40. The lowest BCUT2D eigenvalue weighted by Gasteiger charge is -2.06. The molecule has 0 aliphatic carbocycles. The number of nitrogens with one attached hydrogen (secondary N) is 1. The zero-order chi connectivity index (χ0) is 16.7. The first kappa shape index (κ1) is 16.9. The maximum atomic E-state index is 13.4. The van der Waals surface area contributed by atoms with E-state index in [2.05, 4.69) is 12.2 Å². The summed E-state index contributed by atoms with van der Waals surface area (Å²) in [5.41, 5.74) is 1.93. The average molecular weight is 313 g/mol. The van der Waals surface area contributed by atoms with Gasteiger partial charge in [0, 0.05) is 18.4 Å². The SMILES string of the molecule is CCCc1ccc(C(=O)CCC(=O)Nc2ccccc2F)cc1. The van der Waals surface area contributed by atoms with Gasteiger partial charge in [0.25, 0.3) is 0 Å². The van der Waals surface area contributed by atoms with E-state index >= 15 is 0 Å². The Bertz CT molecular complexity index is 680. The summed E-state index contributed by atoms with van der Waals surface area (Å²) in [4.78, 5) is 23.9. The Morgan fingerprint density at radius 2 is 1.70 bits per heavy atom. The number of hydrogen-bond acceptors (Lipinski definition) is 2. The lowest BCUT2D eigenvalue weighted by atomic mass is 10.0. The lowest BCUT2D eigenvalue weighted by molar-refractivity contribution is -0.116. The van der Waals surface area contributed by atoms with E-state index in [1.54, 1.807) is 24.3 Å². The van der Waals surface area contributed by atoms with Crippen LogP contribution in [0.25, 0.3) is 0 Å². The standard InChI is InChI=1S/C19H20FNO2/c1-2-5-14-8-10-15(11-9-14)18(22)12-13-19(23)21-17-7-4-3-6-16(17)20/h3-4,6-11H,2,5,12-13H2,1H3,(H,21,23). The number of Topliss-reactive ketones (excluding diaryl/α,β-unsaturated/α-hetero) is 1. The number of carbonyl (C=O) groups is 2. The van der Waals surface area contributed by atoms with Gasteiger partial charge in [0.1, 0.15) is 5.82 Å². The molecule has 0 aliphatic rings. The smallest absolute Gasteiger partial charge is 0.224 e. The number of halogens is 1. The van der Waals surface area contributed by atoms with Crippen molar-refractivity contribution in [3.05, 3.63) is 65.5 Å². The third-order valence-corrected chi connectivity index (χ3v) is 3.54. The maximum Gasteiger partial charge on any atom is 0.224 e. The van der Waals surface area contributed by atoms with Crippen molar-refractivity contribution < 1.29 is 14.0 Å². The summed E-state index contributed by atoms with van der Waals surface area (Å²) in [5.74, 6) is -0.943. The highest BCUT2D eigenvalue weighted by Gasteiger charge is 2.11. The lowest BCUT2D eigenvalue weighted by Crippen LogP contribution is -2.14. The van der Waals surface area contributed by atoms with Gasteiger partial charge in [-0.05, 0) is 24.1 Å². The normalized spacial score (nSPS) is 10.3. The predicted molar refractivity (Wildman–Crippen MR) is 89.0 cm³/mol. The maximum absolute atomic E-state index is 13.4. The molecule has 0 bridgehead atoms. The van der Waals surface area contributed by atoms with Crippen LogP contribution in [0.4, 0.5) is 10.1 Å². The number of hydrogen-bond donors (Lipinski definition) is 1. The van der Waals surface area contributed by atoms with Crippen molar-refractivity contribution in [2.45, 2.75) is 32.6 Å². The molecule has 2 rings (SSSR count). The van der Waals surface area contributed by atoms with Gasteiger partial charge in [-0.2, -0.15) is 0 Å². The van der Waals surface area contributed by atoms with Gasteiger partial charge in [0.05, 0.1) is 5.69 Å². The van der Waals surface area contributed by atoms with Crippen LogP contribution in [0.3, 0.4) is 0 Å². The van der Waals surface area contributed by atoms with Crippen LogP contribution in [0, 0.1) is 5.82 Å². The molecule has 0 aliphatic heterocycles. The Labute approximate surface area is 135 Å². The van der Waals surface area contributed by atoms with Crippen LogP contribution in [0.5, 0.6) is 0 Å². The fraction of sp³-hybridized carbons (Fsp3) is 0.263. The molecule has 4 heteroatoms. The Morgan fingerprint density at radius 3 is 2.35 bits per heavy atom. The van der Waals surface area contributed by atoms with Gasteiger partial charge in [-0.1, -0.05) is 49.7 Å². The molecule has 0 unspecified atom stereocenters. The summed E-state index contributed by atoms with van der Waals surface area (Å²) in [6.07, 6.45) is 2.18. The monoisotopic (exact) mass is 313 g/mol. The fourth-order valence-corrected chi connectivity index (χ4v) is 2.29. The van der Waals surface area contributed by atoms with E-state index in [1.807, 2.05) is 12.1 Å². The number of anilines is 1. The highest BCUT2D eigenvalue weighted by molar-refractivity contribution is 6.00. The largest absolute Gasteiger partial charge is 0.324 e. The molecular weight excluding hydrogens is 293 g/mol. The molecule has 1 amide bonds. The van der Waals surface area contributed by atoms with Crippen molar-refractivity contribution in [2.24, 2.45) is 0 Å². The summed E-state index contributed by atoms with van der Waals surface area (Å²) < 4.78 is 13.4. The molecule has 0 atom stereocenters. The number of rotatable bonds is 7.